The molecule has 126 valence electrons. The van der Waals surface area contributed by atoms with Crippen LogP contribution in [0.3, 0.4) is 0 Å². The molecular weight excluding hydrogens is 296 g/mol. The monoisotopic (exact) mass is 320 g/mol. The molecule has 0 bridgehead atoms. The molecule has 2 aliphatic rings. The lowest BCUT2D eigenvalue weighted by molar-refractivity contribution is -0.171. The van der Waals surface area contributed by atoms with Crippen molar-refractivity contribution in [1.82, 2.24) is 19.8 Å². The van der Waals surface area contributed by atoms with Crippen LogP contribution in [0.4, 0.5) is 0 Å². The van der Waals surface area contributed by atoms with Gasteiger partial charge in [0.15, 0.2) is 5.60 Å². The average Bonchev–Trinajstić information content (AvgIpc) is 2.55. The van der Waals surface area contributed by atoms with Crippen molar-refractivity contribution >= 4 is 5.91 Å². The second-order valence-corrected chi connectivity index (χ2v) is 6.29. The third-order valence-corrected chi connectivity index (χ3v) is 4.32. The molecule has 1 aromatic heterocycles. The van der Waals surface area contributed by atoms with Crippen LogP contribution in [0.2, 0.25) is 0 Å². The molecule has 1 amide bonds. The van der Waals surface area contributed by atoms with Crippen LogP contribution in [-0.2, 0) is 20.8 Å². The molecule has 0 aromatic carbocycles. The van der Waals surface area contributed by atoms with Gasteiger partial charge in [-0.05, 0) is 19.9 Å². The number of hydrogen-bond donors (Lipinski definition) is 0. The van der Waals surface area contributed by atoms with Crippen molar-refractivity contribution in [3.8, 4) is 0 Å². The molecule has 1 atom stereocenters. The lowest BCUT2D eigenvalue weighted by Crippen LogP contribution is -2.60. The van der Waals surface area contributed by atoms with Gasteiger partial charge in [-0.1, -0.05) is 0 Å². The van der Waals surface area contributed by atoms with E-state index in [2.05, 4.69) is 14.9 Å². The first-order valence-electron chi connectivity index (χ1n) is 8.09. The zero-order chi connectivity index (χ0) is 16.3. The fraction of sp³-hybridized carbons (Fsp3) is 0.688. The van der Waals surface area contributed by atoms with E-state index in [0.717, 1.165) is 18.1 Å². The number of aryl methyl sites for hydroxylation is 1. The Hall–Kier alpha value is -1.57. The summed E-state index contributed by atoms with van der Waals surface area (Å²) in [4.78, 5) is 25.5. The fourth-order valence-electron chi connectivity index (χ4n) is 3.14. The van der Waals surface area contributed by atoms with E-state index in [9.17, 15) is 4.79 Å². The minimum Gasteiger partial charge on any atom is -0.378 e. The second-order valence-electron chi connectivity index (χ2n) is 6.29. The van der Waals surface area contributed by atoms with E-state index >= 15 is 0 Å². The summed E-state index contributed by atoms with van der Waals surface area (Å²) in [5, 5.41) is 0. The molecule has 0 saturated carbocycles. The molecule has 0 radical (unpaired) electrons. The van der Waals surface area contributed by atoms with Crippen LogP contribution in [0.1, 0.15) is 18.4 Å². The lowest BCUT2D eigenvalue weighted by Gasteiger charge is -2.42. The standard InChI is InChI=1S/C16H24N4O3/c1-13-17-4-3-14(18-13)11-19-5-10-23-16(2,12-19)15(21)20-6-8-22-9-7-20/h3-4H,5-12H2,1-2H3/t16-/m0/s1. The summed E-state index contributed by atoms with van der Waals surface area (Å²) in [5.74, 6) is 0.826. The van der Waals surface area contributed by atoms with E-state index in [1.165, 1.54) is 0 Å². The molecule has 1 aromatic rings. The Labute approximate surface area is 136 Å². The maximum Gasteiger partial charge on any atom is 0.256 e. The summed E-state index contributed by atoms with van der Waals surface area (Å²) in [6.45, 7) is 8.90. The van der Waals surface area contributed by atoms with Crippen molar-refractivity contribution in [3.63, 3.8) is 0 Å². The van der Waals surface area contributed by atoms with E-state index < -0.39 is 5.60 Å². The highest BCUT2D eigenvalue weighted by Gasteiger charge is 2.42. The number of rotatable bonds is 3. The summed E-state index contributed by atoms with van der Waals surface area (Å²) in [5.41, 5.74) is 0.179. The van der Waals surface area contributed by atoms with Gasteiger partial charge in [-0.15, -0.1) is 0 Å². The molecule has 3 heterocycles. The van der Waals surface area contributed by atoms with Gasteiger partial charge in [-0.2, -0.15) is 0 Å². The van der Waals surface area contributed by atoms with Crippen molar-refractivity contribution in [1.29, 1.82) is 0 Å². The van der Waals surface area contributed by atoms with Gasteiger partial charge in [0, 0.05) is 38.9 Å². The summed E-state index contributed by atoms with van der Waals surface area (Å²) in [6, 6.07) is 1.92. The van der Waals surface area contributed by atoms with Crippen molar-refractivity contribution < 1.29 is 14.3 Å². The molecule has 2 aliphatic heterocycles. The first-order chi connectivity index (χ1) is 11.1. The summed E-state index contributed by atoms with van der Waals surface area (Å²) in [7, 11) is 0. The Morgan fingerprint density at radius 1 is 1.30 bits per heavy atom. The van der Waals surface area contributed by atoms with E-state index in [1.54, 1.807) is 6.20 Å². The Kier molecular flexibility index (Phi) is 4.89. The zero-order valence-electron chi connectivity index (χ0n) is 13.8. The van der Waals surface area contributed by atoms with Crippen LogP contribution >= 0.6 is 0 Å². The van der Waals surface area contributed by atoms with Crippen LogP contribution in [-0.4, -0.2) is 77.3 Å². The Morgan fingerprint density at radius 3 is 2.83 bits per heavy atom. The van der Waals surface area contributed by atoms with Crippen LogP contribution < -0.4 is 0 Å². The predicted octanol–water partition coefficient (Wildman–Crippen LogP) is 0.235. The first kappa shape index (κ1) is 16.3. The zero-order valence-corrected chi connectivity index (χ0v) is 13.8. The predicted molar refractivity (Wildman–Crippen MR) is 83.8 cm³/mol. The SMILES string of the molecule is Cc1nccc(CN2CCO[C@](C)(C(=O)N3CCOCC3)C2)n1. The number of amides is 1. The third-order valence-electron chi connectivity index (χ3n) is 4.32. The number of carbonyl (C=O) groups excluding carboxylic acids is 1. The largest absolute Gasteiger partial charge is 0.378 e. The molecule has 7 heteroatoms. The quantitative estimate of drug-likeness (QED) is 0.794. The van der Waals surface area contributed by atoms with Crippen molar-refractivity contribution in [2.45, 2.75) is 26.0 Å². The molecule has 3 rings (SSSR count). The van der Waals surface area contributed by atoms with Crippen LogP contribution in [0.15, 0.2) is 12.3 Å². The maximum absolute atomic E-state index is 12.8. The smallest absolute Gasteiger partial charge is 0.256 e. The molecule has 7 nitrogen and oxygen atoms in total. The van der Waals surface area contributed by atoms with Gasteiger partial charge in [-0.3, -0.25) is 9.69 Å². The van der Waals surface area contributed by atoms with Crippen molar-refractivity contribution in [3.05, 3.63) is 23.8 Å². The third kappa shape index (κ3) is 3.85. The van der Waals surface area contributed by atoms with Crippen LogP contribution in [0.5, 0.6) is 0 Å². The van der Waals surface area contributed by atoms with Gasteiger partial charge >= 0.3 is 0 Å². The lowest BCUT2D eigenvalue weighted by atomic mass is 10.0. The van der Waals surface area contributed by atoms with Crippen molar-refractivity contribution in [2.24, 2.45) is 0 Å². The topological polar surface area (TPSA) is 67.8 Å². The number of carbonyl (C=O) groups is 1. The van der Waals surface area contributed by atoms with Crippen LogP contribution in [0, 0.1) is 6.92 Å². The normalized spacial score (nSPS) is 26.3. The number of ether oxygens (including phenoxy) is 2. The molecule has 23 heavy (non-hydrogen) atoms. The summed E-state index contributed by atoms with van der Waals surface area (Å²) in [6.07, 6.45) is 1.77. The van der Waals surface area contributed by atoms with Crippen molar-refractivity contribution in [2.75, 3.05) is 46.0 Å². The molecule has 2 saturated heterocycles. The van der Waals surface area contributed by atoms with Gasteiger partial charge in [0.1, 0.15) is 5.82 Å². The Bertz CT molecular complexity index is 562. The van der Waals surface area contributed by atoms with Gasteiger partial charge in [0.05, 0.1) is 25.5 Å². The average molecular weight is 320 g/mol. The van der Waals surface area contributed by atoms with E-state index in [0.29, 0.717) is 46.0 Å². The highest BCUT2D eigenvalue weighted by molar-refractivity contribution is 5.85. The highest BCUT2D eigenvalue weighted by atomic mass is 16.5. The maximum atomic E-state index is 12.8. The fourth-order valence-corrected chi connectivity index (χ4v) is 3.14. The molecule has 2 fully saturated rings. The Morgan fingerprint density at radius 2 is 2.09 bits per heavy atom. The number of hydrogen-bond acceptors (Lipinski definition) is 6. The van der Waals surface area contributed by atoms with Gasteiger partial charge < -0.3 is 14.4 Å². The molecule has 0 N–H and O–H groups in total. The molecular formula is C16H24N4O3. The van der Waals surface area contributed by atoms with E-state index in [-0.39, 0.29) is 5.91 Å². The van der Waals surface area contributed by atoms with Gasteiger partial charge in [-0.25, -0.2) is 9.97 Å². The van der Waals surface area contributed by atoms with E-state index in [1.807, 2.05) is 24.8 Å². The van der Waals surface area contributed by atoms with Gasteiger partial charge in [0.25, 0.3) is 5.91 Å². The van der Waals surface area contributed by atoms with Crippen LogP contribution in [0.25, 0.3) is 0 Å². The Balaban J connectivity index is 1.65. The summed E-state index contributed by atoms with van der Waals surface area (Å²) >= 11 is 0. The first-order valence-corrected chi connectivity index (χ1v) is 8.09. The molecule has 0 unspecified atom stereocenters. The summed E-state index contributed by atoms with van der Waals surface area (Å²) < 4.78 is 11.2. The molecule has 0 spiro atoms. The number of morpholine rings is 2. The minimum atomic E-state index is -0.794. The van der Waals surface area contributed by atoms with E-state index in [4.69, 9.17) is 9.47 Å². The number of aromatic nitrogens is 2. The second kappa shape index (κ2) is 6.90. The number of nitrogens with zero attached hydrogens (tertiary/aromatic N) is 4. The highest BCUT2D eigenvalue weighted by Crippen LogP contribution is 2.22. The molecule has 0 aliphatic carbocycles. The minimum absolute atomic E-state index is 0.0596. The van der Waals surface area contributed by atoms with Gasteiger partial charge in [0.2, 0.25) is 0 Å².